The zero-order valence-corrected chi connectivity index (χ0v) is 13.3. The predicted octanol–water partition coefficient (Wildman–Crippen LogP) is -0.471. The summed E-state index contributed by atoms with van der Waals surface area (Å²) in [6.45, 7) is 3.28. The van der Waals surface area contributed by atoms with E-state index in [-0.39, 0.29) is 18.5 Å². The highest BCUT2D eigenvalue weighted by atomic mass is 16.5. The number of esters is 1. The van der Waals surface area contributed by atoms with Gasteiger partial charge in [0.25, 0.3) is 5.91 Å². The number of imidazole rings is 1. The first-order chi connectivity index (χ1) is 11.3. The number of ketones is 1. The fourth-order valence-electron chi connectivity index (χ4n) is 1.79. The molecule has 0 aromatic carbocycles. The van der Waals surface area contributed by atoms with Crippen LogP contribution in [-0.2, 0) is 19.1 Å². The van der Waals surface area contributed by atoms with Crippen LogP contribution in [0.2, 0.25) is 0 Å². The van der Waals surface area contributed by atoms with Crippen molar-refractivity contribution < 1.29 is 29.0 Å². The summed E-state index contributed by atoms with van der Waals surface area (Å²) >= 11 is 0. The number of aromatic nitrogens is 2. The summed E-state index contributed by atoms with van der Waals surface area (Å²) in [7, 11) is 0. The number of rotatable bonds is 9. The van der Waals surface area contributed by atoms with E-state index < -0.39 is 35.9 Å². The van der Waals surface area contributed by atoms with Crippen molar-refractivity contribution in [2.24, 2.45) is 0 Å². The van der Waals surface area contributed by atoms with E-state index in [2.05, 4.69) is 20.1 Å². The van der Waals surface area contributed by atoms with Gasteiger partial charge in [0.2, 0.25) is 5.78 Å². The normalized spacial score (nSPS) is 12.8. The van der Waals surface area contributed by atoms with Crippen LogP contribution in [0.5, 0.6) is 0 Å². The van der Waals surface area contributed by atoms with Crippen molar-refractivity contribution in [1.82, 2.24) is 15.3 Å². The second-order valence-electron chi connectivity index (χ2n) is 5.19. The lowest BCUT2D eigenvalue weighted by Gasteiger charge is -2.19. The zero-order valence-electron chi connectivity index (χ0n) is 13.3. The minimum Gasteiger partial charge on any atom is -0.461 e. The molecule has 1 aromatic rings. The van der Waals surface area contributed by atoms with E-state index in [9.17, 15) is 19.5 Å². The Bertz CT molecular complexity index is 622. The Morgan fingerprint density at radius 3 is 2.75 bits per heavy atom. The van der Waals surface area contributed by atoms with Crippen molar-refractivity contribution in [2.45, 2.75) is 44.9 Å². The van der Waals surface area contributed by atoms with Gasteiger partial charge in [-0.2, -0.15) is 4.79 Å². The number of amides is 1. The Kier molecular flexibility index (Phi) is 7.47. The second kappa shape index (κ2) is 9.33. The van der Waals surface area contributed by atoms with Crippen LogP contribution >= 0.6 is 0 Å². The molecular weight excluding hydrogens is 318 g/mol. The van der Waals surface area contributed by atoms with Gasteiger partial charge in [0, 0.05) is 12.6 Å². The highest BCUT2D eigenvalue weighted by Crippen LogP contribution is 2.10. The monoisotopic (exact) mass is 337 g/mol. The van der Waals surface area contributed by atoms with Crippen LogP contribution in [0.15, 0.2) is 12.5 Å². The van der Waals surface area contributed by atoms with E-state index in [0.29, 0.717) is 6.21 Å². The van der Waals surface area contributed by atoms with E-state index >= 15 is 0 Å². The van der Waals surface area contributed by atoms with Crippen LogP contribution < -0.4 is 5.32 Å². The van der Waals surface area contributed by atoms with Crippen LogP contribution in [0.3, 0.4) is 0 Å². The van der Waals surface area contributed by atoms with Gasteiger partial charge in [-0.1, -0.05) is 0 Å². The standard InChI is InChI=1S/C14H19N5O5/c1-8(2)24-14(23)10(4-3-9(20)5-18-15)19-13(22)12(21)11-6-16-7-17-11/h5-8,10,12,21H,3-4H2,1-2H3,(H,16,17)(H,19,22)/t10-,12-/m0/s1. The number of aliphatic hydroxyl groups excluding tert-OH is 1. The molecule has 1 aromatic heterocycles. The maximum absolute atomic E-state index is 12.0. The van der Waals surface area contributed by atoms with Crippen LogP contribution in [0, 0.1) is 0 Å². The first-order valence-corrected chi connectivity index (χ1v) is 7.23. The molecule has 0 bridgehead atoms. The number of nitrogens with one attached hydrogen (secondary N) is 2. The van der Waals surface area contributed by atoms with Gasteiger partial charge in [-0.25, -0.2) is 9.78 Å². The van der Waals surface area contributed by atoms with E-state index in [1.54, 1.807) is 13.8 Å². The predicted molar refractivity (Wildman–Crippen MR) is 80.6 cm³/mol. The van der Waals surface area contributed by atoms with Crippen molar-refractivity contribution in [3.63, 3.8) is 0 Å². The fraction of sp³-hybridized carbons (Fsp3) is 0.500. The van der Waals surface area contributed by atoms with Gasteiger partial charge in [-0.3, -0.25) is 9.59 Å². The number of aliphatic hydroxyl groups is 1. The number of carbonyl (C=O) groups is 3. The number of nitrogens with zero attached hydrogens (tertiary/aromatic N) is 3. The molecule has 0 saturated heterocycles. The largest absolute Gasteiger partial charge is 0.461 e. The molecule has 3 N–H and O–H groups in total. The summed E-state index contributed by atoms with van der Waals surface area (Å²) in [5, 5.41) is 12.2. The Balaban J connectivity index is 2.76. The quantitative estimate of drug-likeness (QED) is 0.239. The van der Waals surface area contributed by atoms with E-state index in [1.165, 1.54) is 12.5 Å². The number of ether oxygens (including phenoxy) is 1. The molecular formula is C14H19N5O5. The molecule has 24 heavy (non-hydrogen) atoms. The van der Waals surface area contributed by atoms with Crippen LogP contribution in [0.25, 0.3) is 5.53 Å². The lowest BCUT2D eigenvalue weighted by molar-refractivity contribution is -0.152. The number of H-pyrrole nitrogens is 1. The molecule has 130 valence electrons. The molecule has 0 saturated carbocycles. The summed E-state index contributed by atoms with van der Waals surface area (Å²) in [5.74, 6) is -2.11. The molecule has 0 aliphatic rings. The second-order valence-corrected chi connectivity index (χ2v) is 5.19. The Morgan fingerprint density at radius 2 is 2.21 bits per heavy atom. The fourth-order valence-corrected chi connectivity index (χ4v) is 1.79. The third-order valence-electron chi connectivity index (χ3n) is 2.88. The van der Waals surface area contributed by atoms with Crippen molar-refractivity contribution >= 4 is 23.9 Å². The number of hydrogen-bond donors (Lipinski definition) is 3. The molecule has 10 nitrogen and oxygen atoms in total. The Morgan fingerprint density at radius 1 is 1.50 bits per heavy atom. The Hall–Kier alpha value is -2.84. The molecule has 0 unspecified atom stereocenters. The van der Waals surface area contributed by atoms with Crippen molar-refractivity contribution in [1.29, 1.82) is 0 Å². The van der Waals surface area contributed by atoms with Crippen LogP contribution in [-0.4, -0.2) is 55.9 Å². The van der Waals surface area contributed by atoms with Gasteiger partial charge in [-0.15, -0.1) is 0 Å². The first kappa shape index (κ1) is 19.2. The van der Waals surface area contributed by atoms with Crippen molar-refractivity contribution in [3.05, 3.63) is 23.7 Å². The summed E-state index contributed by atoms with van der Waals surface area (Å²) in [5.41, 5.74) is 8.39. The molecule has 2 atom stereocenters. The number of aromatic amines is 1. The maximum atomic E-state index is 12.0. The highest BCUT2D eigenvalue weighted by Gasteiger charge is 2.28. The van der Waals surface area contributed by atoms with Crippen molar-refractivity contribution in [2.75, 3.05) is 0 Å². The van der Waals surface area contributed by atoms with Gasteiger partial charge in [-0.05, 0) is 20.3 Å². The SMILES string of the molecule is CC(C)OC(=O)[C@H](CCC(=O)C=[N+]=[N-])NC(=O)[C@@H](O)c1c[nH]cn1. The molecule has 0 aliphatic carbocycles. The average Bonchev–Trinajstić information content (AvgIpc) is 3.04. The smallest absolute Gasteiger partial charge is 0.328 e. The first-order valence-electron chi connectivity index (χ1n) is 7.23. The summed E-state index contributed by atoms with van der Waals surface area (Å²) in [6.07, 6.45) is 1.13. The summed E-state index contributed by atoms with van der Waals surface area (Å²) in [4.78, 5) is 44.4. The summed E-state index contributed by atoms with van der Waals surface area (Å²) < 4.78 is 5.02. The van der Waals surface area contributed by atoms with Crippen molar-refractivity contribution in [3.8, 4) is 0 Å². The highest BCUT2D eigenvalue weighted by molar-refractivity contribution is 6.25. The van der Waals surface area contributed by atoms with E-state index in [4.69, 9.17) is 10.3 Å². The number of hydrogen-bond acceptors (Lipinski definition) is 6. The van der Waals surface area contributed by atoms with Crippen LogP contribution in [0.1, 0.15) is 38.5 Å². The number of Topliss-reactive ketones (excluding diaryl/α,β-unsaturated/α-hetero) is 1. The molecule has 10 heteroatoms. The molecule has 1 heterocycles. The molecule has 1 amide bonds. The van der Waals surface area contributed by atoms with Gasteiger partial charge in [0.15, 0.2) is 6.10 Å². The third kappa shape index (κ3) is 6.11. The van der Waals surface area contributed by atoms with Gasteiger partial charge >= 0.3 is 12.2 Å². The molecule has 0 spiro atoms. The zero-order chi connectivity index (χ0) is 18.1. The van der Waals surface area contributed by atoms with E-state index in [1.807, 2.05) is 0 Å². The molecule has 1 rings (SSSR count). The third-order valence-corrected chi connectivity index (χ3v) is 2.88. The summed E-state index contributed by atoms with van der Waals surface area (Å²) in [6, 6.07) is -1.13. The molecule has 0 radical (unpaired) electrons. The average molecular weight is 337 g/mol. The topological polar surface area (TPSA) is 158 Å². The lowest BCUT2D eigenvalue weighted by Crippen LogP contribution is -2.44. The van der Waals surface area contributed by atoms with Gasteiger partial charge in [0.1, 0.15) is 6.04 Å². The van der Waals surface area contributed by atoms with Crippen LogP contribution in [0.4, 0.5) is 0 Å². The number of carbonyl (C=O) groups excluding carboxylic acids is 3. The maximum Gasteiger partial charge on any atom is 0.328 e. The van der Waals surface area contributed by atoms with Gasteiger partial charge in [0.05, 0.1) is 18.1 Å². The molecule has 0 aliphatic heterocycles. The molecule has 0 fully saturated rings. The van der Waals surface area contributed by atoms with Gasteiger partial charge < -0.3 is 25.7 Å². The minimum atomic E-state index is -1.57. The minimum absolute atomic E-state index is 0.0740. The Labute approximate surface area is 137 Å². The van der Waals surface area contributed by atoms with E-state index in [0.717, 1.165) is 0 Å². The lowest BCUT2D eigenvalue weighted by atomic mass is 10.1.